The minimum Gasteiger partial charge on any atom is -0.379 e. The lowest BCUT2D eigenvalue weighted by atomic mass is 10.0. The molecule has 2 aliphatic rings. The van der Waals surface area contributed by atoms with Crippen LogP contribution in [0.2, 0.25) is 0 Å². The van der Waals surface area contributed by atoms with Crippen molar-refractivity contribution in [1.82, 2.24) is 10.2 Å². The van der Waals surface area contributed by atoms with E-state index in [0.717, 1.165) is 19.1 Å². The van der Waals surface area contributed by atoms with E-state index >= 15 is 0 Å². The van der Waals surface area contributed by atoms with Gasteiger partial charge in [0, 0.05) is 25.0 Å². The zero-order valence-corrected chi connectivity index (χ0v) is 10.7. The van der Waals surface area contributed by atoms with Crippen molar-refractivity contribution < 1.29 is 4.74 Å². The average Bonchev–Trinajstić information content (AvgIpc) is 2.89. The molecule has 3 atom stereocenters. The SMILES string of the molecule is CCCC1CCN(CC2COCC2NC)C1. The number of nitrogens with one attached hydrogen (secondary N) is 1. The zero-order valence-electron chi connectivity index (χ0n) is 10.7. The molecule has 0 aromatic heterocycles. The summed E-state index contributed by atoms with van der Waals surface area (Å²) in [4.78, 5) is 2.64. The van der Waals surface area contributed by atoms with Crippen molar-refractivity contribution in [2.45, 2.75) is 32.2 Å². The van der Waals surface area contributed by atoms with E-state index in [1.165, 1.54) is 38.9 Å². The zero-order chi connectivity index (χ0) is 11.4. The fourth-order valence-electron chi connectivity index (χ4n) is 3.15. The number of likely N-dealkylation sites (tertiary alicyclic amines) is 1. The van der Waals surface area contributed by atoms with Gasteiger partial charge in [-0.3, -0.25) is 0 Å². The molecule has 94 valence electrons. The Kier molecular flexibility index (Phi) is 4.62. The van der Waals surface area contributed by atoms with Crippen molar-refractivity contribution in [3.63, 3.8) is 0 Å². The minimum absolute atomic E-state index is 0.574. The normalized spacial score (nSPS) is 36.0. The van der Waals surface area contributed by atoms with E-state index in [1.54, 1.807) is 0 Å². The molecule has 3 heteroatoms. The van der Waals surface area contributed by atoms with Crippen LogP contribution in [0.15, 0.2) is 0 Å². The third-order valence-corrected chi connectivity index (χ3v) is 4.13. The van der Waals surface area contributed by atoms with E-state index in [-0.39, 0.29) is 0 Å². The second kappa shape index (κ2) is 5.99. The first-order valence-electron chi connectivity index (χ1n) is 6.80. The van der Waals surface area contributed by atoms with Gasteiger partial charge < -0.3 is 15.0 Å². The largest absolute Gasteiger partial charge is 0.379 e. The van der Waals surface area contributed by atoms with Gasteiger partial charge in [0.05, 0.1) is 13.2 Å². The molecule has 3 unspecified atom stereocenters. The molecular formula is C13H26N2O. The molecule has 0 amide bonds. The minimum atomic E-state index is 0.574. The highest BCUT2D eigenvalue weighted by Gasteiger charge is 2.31. The van der Waals surface area contributed by atoms with Crippen LogP contribution in [0, 0.1) is 11.8 Å². The maximum atomic E-state index is 5.56. The van der Waals surface area contributed by atoms with E-state index in [9.17, 15) is 0 Å². The fourth-order valence-corrected chi connectivity index (χ4v) is 3.15. The maximum Gasteiger partial charge on any atom is 0.0623 e. The maximum absolute atomic E-state index is 5.56. The fraction of sp³-hybridized carbons (Fsp3) is 1.00. The molecule has 0 spiro atoms. The Morgan fingerprint density at radius 1 is 1.38 bits per heavy atom. The Bertz CT molecular complexity index is 210. The number of rotatable bonds is 5. The summed E-state index contributed by atoms with van der Waals surface area (Å²) in [7, 11) is 2.05. The van der Waals surface area contributed by atoms with E-state index in [2.05, 4.69) is 24.2 Å². The van der Waals surface area contributed by atoms with Gasteiger partial charge in [0.15, 0.2) is 0 Å². The molecular weight excluding hydrogens is 200 g/mol. The van der Waals surface area contributed by atoms with Gasteiger partial charge in [0.25, 0.3) is 0 Å². The lowest BCUT2D eigenvalue weighted by Gasteiger charge is -2.23. The van der Waals surface area contributed by atoms with Gasteiger partial charge in [-0.2, -0.15) is 0 Å². The van der Waals surface area contributed by atoms with E-state index in [4.69, 9.17) is 4.74 Å². The number of likely N-dealkylation sites (N-methyl/N-ethyl adjacent to an activating group) is 1. The van der Waals surface area contributed by atoms with Crippen LogP contribution in [-0.2, 0) is 4.74 Å². The highest BCUT2D eigenvalue weighted by Crippen LogP contribution is 2.23. The molecule has 16 heavy (non-hydrogen) atoms. The summed E-state index contributed by atoms with van der Waals surface area (Å²) in [6.07, 6.45) is 4.16. The van der Waals surface area contributed by atoms with Crippen LogP contribution in [-0.4, -0.2) is 50.8 Å². The molecule has 0 radical (unpaired) electrons. The Morgan fingerprint density at radius 2 is 2.25 bits per heavy atom. The van der Waals surface area contributed by atoms with E-state index in [1.807, 2.05) is 0 Å². The summed E-state index contributed by atoms with van der Waals surface area (Å²) in [5, 5.41) is 3.37. The first kappa shape index (κ1) is 12.3. The molecule has 2 heterocycles. The van der Waals surface area contributed by atoms with Crippen LogP contribution in [0.5, 0.6) is 0 Å². The Hall–Kier alpha value is -0.120. The van der Waals surface area contributed by atoms with Crippen molar-refractivity contribution in [2.24, 2.45) is 11.8 Å². The van der Waals surface area contributed by atoms with Crippen molar-refractivity contribution in [1.29, 1.82) is 0 Å². The molecule has 0 aromatic rings. The lowest BCUT2D eigenvalue weighted by molar-refractivity contribution is 0.172. The van der Waals surface area contributed by atoms with Gasteiger partial charge in [0.2, 0.25) is 0 Å². The summed E-state index contributed by atoms with van der Waals surface area (Å²) in [5.41, 5.74) is 0. The van der Waals surface area contributed by atoms with Crippen molar-refractivity contribution >= 4 is 0 Å². The standard InChI is InChI=1S/C13H26N2O/c1-3-4-11-5-6-15(7-11)8-12-9-16-10-13(12)14-2/h11-14H,3-10H2,1-2H3. The van der Waals surface area contributed by atoms with Crippen molar-refractivity contribution in [3.05, 3.63) is 0 Å². The average molecular weight is 226 g/mol. The van der Waals surface area contributed by atoms with Crippen LogP contribution >= 0.6 is 0 Å². The molecule has 1 N–H and O–H groups in total. The smallest absolute Gasteiger partial charge is 0.0623 e. The monoisotopic (exact) mass is 226 g/mol. The summed E-state index contributed by atoms with van der Waals surface area (Å²) < 4.78 is 5.56. The second-order valence-corrected chi connectivity index (χ2v) is 5.40. The summed E-state index contributed by atoms with van der Waals surface area (Å²) in [6, 6.07) is 0.574. The number of hydrogen-bond acceptors (Lipinski definition) is 3. The van der Waals surface area contributed by atoms with Crippen LogP contribution in [0.1, 0.15) is 26.2 Å². The predicted octanol–water partition coefficient (Wildman–Crippen LogP) is 1.34. The number of nitrogens with zero attached hydrogens (tertiary/aromatic N) is 1. The topological polar surface area (TPSA) is 24.5 Å². The molecule has 2 saturated heterocycles. The molecule has 2 fully saturated rings. The highest BCUT2D eigenvalue weighted by molar-refractivity contribution is 4.85. The third kappa shape index (κ3) is 2.96. The van der Waals surface area contributed by atoms with E-state index in [0.29, 0.717) is 12.0 Å². The van der Waals surface area contributed by atoms with Crippen molar-refractivity contribution in [2.75, 3.05) is 39.9 Å². The molecule has 2 rings (SSSR count). The lowest BCUT2D eigenvalue weighted by Crippen LogP contribution is -2.39. The summed E-state index contributed by atoms with van der Waals surface area (Å²) >= 11 is 0. The second-order valence-electron chi connectivity index (χ2n) is 5.40. The molecule has 2 aliphatic heterocycles. The first-order chi connectivity index (χ1) is 7.83. The molecule has 0 saturated carbocycles. The number of hydrogen-bond donors (Lipinski definition) is 1. The van der Waals surface area contributed by atoms with Crippen molar-refractivity contribution in [3.8, 4) is 0 Å². The molecule has 3 nitrogen and oxygen atoms in total. The van der Waals surface area contributed by atoms with Gasteiger partial charge in [-0.25, -0.2) is 0 Å². The highest BCUT2D eigenvalue weighted by atomic mass is 16.5. The Labute approximate surface area is 99.5 Å². The van der Waals surface area contributed by atoms with Crippen LogP contribution < -0.4 is 5.32 Å². The van der Waals surface area contributed by atoms with Gasteiger partial charge in [0.1, 0.15) is 0 Å². The first-order valence-corrected chi connectivity index (χ1v) is 6.80. The summed E-state index contributed by atoms with van der Waals surface area (Å²) in [5.74, 6) is 1.66. The third-order valence-electron chi connectivity index (χ3n) is 4.13. The van der Waals surface area contributed by atoms with Crippen LogP contribution in [0.3, 0.4) is 0 Å². The van der Waals surface area contributed by atoms with E-state index < -0.39 is 0 Å². The van der Waals surface area contributed by atoms with Gasteiger partial charge in [-0.15, -0.1) is 0 Å². The number of ether oxygens (including phenoxy) is 1. The Morgan fingerprint density at radius 3 is 3.00 bits per heavy atom. The van der Waals surface area contributed by atoms with Gasteiger partial charge in [-0.05, 0) is 32.4 Å². The Balaban J connectivity index is 1.74. The van der Waals surface area contributed by atoms with Crippen LogP contribution in [0.4, 0.5) is 0 Å². The van der Waals surface area contributed by atoms with Gasteiger partial charge in [-0.1, -0.05) is 13.3 Å². The summed E-state index contributed by atoms with van der Waals surface area (Å²) in [6.45, 7) is 7.99. The quantitative estimate of drug-likeness (QED) is 0.766. The molecule has 0 bridgehead atoms. The van der Waals surface area contributed by atoms with Crippen LogP contribution in [0.25, 0.3) is 0 Å². The molecule has 0 aromatic carbocycles. The van der Waals surface area contributed by atoms with Gasteiger partial charge >= 0.3 is 0 Å². The molecule has 0 aliphatic carbocycles. The predicted molar refractivity (Wildman–Crippen MR) is 66.6 cm³/mol.